The molecule has 5 heteroatoms. The molecule has 0 radical (unpaired) electrons. The third kappa shape index (κ3) is 7.50. The van der Waals surface area contributed by atoms with Gasteiger partial charge < -0.3 is 10.2 Å². The fourth-order valence-corrected chi connectivity index (χ4v) is 3.31. The van der Waals surface area contributed by atoms with Gasteiger partial charge in [-0.2, -0.15) is 0 Å². The second-order valence-electron chi connectivity index (χ2n) is 8.82. The number of hydrogen-bond donors (Lipinski definition) is 1. The number of aryl methyl sites for hydroxylation is 1. The summed E-state index contributed by atoms with van der Waals surface area (Å²) in [7, 11) is 0. The Morgan fingerprint density at radius 1 is 0.968 bits per heavy atom. The van der Waals surface area contributed by atoms with Crippen LogP contribution in [0.4, 0.5) is 4.39 Å². The Balaban J connectivity index is 2.12. The van der Waals surface area contributed by atoms with E-state index in [1.165, 1.54) is 16.5 Å². The van der Waals surface area contributed by atoms with Crippen LogP contribution in [0.25, 0.3) is 0 Å². The van der Waals surface area contributed by atoms with E-state index in [-0.39, 0.29) is 30.6 Å². The molecule has 0 aliphatic heterocycles. The van der Waals surface area contributed by atoms with E-state index in [1.54, 1.807) is 25.1 Å². The molecule has 1 N–H and O–H groups in total. The van der Waals surface area contributed by atoms with Gasteiger partial charge in [-0.05, 0) is 42.4 Å². The first-order valence-corrected chi connectivity index (χ1v) is 11.1. The van der Waals surface area contributed by atoms with Gasteiger partial charge in [0.25, 0.3) is 0 Å². The van der Waals surface area contributed by atoms with Crippen LogP contribution in [0.2, 0.25) is 0 Å². The highest BCUT2D eigenvalue weighted by Gasteiger charge is 2.26. The molecule has 0 fully saturated rings. The first kappa shape index (κ1) is 24.6. The zero-order valence-electron chi connectivity index (χ0n) is 19.3. The highest BCUT2D eigenvalue weighted by Crippen LogP contribution is 2.18. The predicted octanol–water partition coefficient (Wildman–Crippen LogP) is 5.07. The third-order valence-electron chi connectivity index (χ3n) is 5.42. The molecule has 0 aliphatic carbocycles. The molecule has 168 valence electrons. The van der Waals surface area contributed by atoms with Crippen molar-refractivity contribution in [3.63, 3.8) is 0 Å². The van der Waals surface area contributed by atoms with E-state index in [2.05, 4.69) is 31.3 Å². The van der Waals surface area contributed by atoms with E-state index < -0.39 is 6.04 Å². The molecule has 2 aromatic carbocycles. The van der Waals surface area contributed by atoms with Gasteiger partial charge in [0.2, 0.25) is 11.8 Å². The van der Waals surface area contributed by atoms with Crippen molar-refractivity contribution in [2.45, 2.75) is 66.0 Å². The van der Waals surface area contributed by atoms with Gasteiger partial charge in [0.05, 0.1) is 0 Å². The summed E-state index contributed by atoms with van der Waals surface area (Å²) in [6, 6.07) is 14.0. The smallest absolute Gasteiger partial charge is 0.242 e. The minimum absolute atomic E-state index is 0.0636. The first-order chi connectivity index (χ1) is 14.7. The molecule has 0 heterocycles. The van der Waals surface area contributed by atoms with E-state index >= 15 is 0 Å². The first-order valence-electron chi connectivity index (χ1n) is 11.1. The maximum absolute atomic E-state index is 14.2. The number of nitrogens with one attached hydrogen (secondary N) is 1. The van der Waals surface area contributed by atoms with Crippen LogP contribution in [0.5, 0.6) is 0 Å². The van der Waals surface area contributed by atoms with Crippen molar-refractivity contribution < 1.29 is 14.0 Å². The summed E-state index contributed by atoms with van der Waals surface area (Å²) in [6.07, 6.45) is 0.836. The van der Waals surface area contributed by atoms with E-state index in [9.17, 15) is 14.0 Å². The number of halogens is 1. The molecule has 0 saturated carbocycles. The number of carbonyl (C=O) groups excluding carboxylic acids is 2. The maximum Gasteiger partial charge on any atom is 0.242 e. The number of nitrogens with zero attached hydrogens (tertiary/aromatic N) is 1. The Bertz CT molecular complexity index is 862. The Morgan fingerprint density at radius 3 is 2.19 bits per heavy atom. The van der Waals surface area contributed by atoms with Gasteiger partial charge in [0.15, 0.2) is 0 Å². The molecule has 2 amide bonds. The molecule has 4 nitrogen and oxygen atoms in total. The molecule has 0 saturated heterocycles. The van der Waals surface area contributed by atoms with Crippen molar-refractivity contribution in [1.29, 1.82) is 0 Å². The van der Waals surface area contributed by atoms with Crippen molar-refractivity contribution >= 4 is 11.8 Å². The molecule has 0 spiro atoms. The maximum atomic E-state index is 14.2. The molecule has 0 unspecified atom stereocenters. The van der Waals surface area contributed by atoms with E-state index in [0.29, 0.717) is 30.4 Å². The van der Waals surface area contributed by atoms with Crippen LogP contribution in [0.15, 0.2) is 48.5 Å². The zero-order valence-corrected chi connectivity index (χ0v) is 19.3. The molecular formula is C26H35FN2O2. The van der Waals surface area contributed by atoms with Crippen LogP contribution in [0.3, 0.4) is 0 Å². The summed E-state index contributed by atoms with van der Waals surface area (Å²) in [5, 5.41) is 2.88. The molecular weight excluding hydrogens is 391 g/mol. The fraction of sp³-hybridized carbons (Fsp3) is 0.462. The van der Waals surface area contributed by atoms with Crippen LogP contribution in [0, 0.1) is 11.7 Å². The summed E-state index contributed by atoms with van der Waals surface area (Å²) in [5.74, 6) is 0.000230. The van der Waals surface area contributed by atoms with Crippen molar-refractivity contribution in [2.24, 2.45) is 5.92 Å². The van der Waals surface area contributed by atoms with Gasteiger partial charge >= 0.3 is 0 Å². The lowest BCUT2D eigenvalue weighted by molar-refractivity contribution is -0.140. The SMILES string of the molecule is CC(C)CNC(=O)[C@H](C)N(Cc1ccccc1F)C(=O)CCc1ccc(C(C)C)cc1. The summed E-state index contributed by atoms with van der Waals surface area (Å²) < 4.78 is 14.2. The third-order valence-corrected chi connectivity index (χ3v) is 5.42. The largest absolute Gasteiger partial charge is 0.354 e. The standard InChI is InChI=1S/C26H35FN2O2/c1-18(2)16-28-26(31)20(5)29(17-23-8-6-7-9-24(23)27)25(30)15-12-21-10-13-22(14-11-21)19(3)4/h6-11,13-14,18-20H,12,15-17H2,1-5H3,(H,28,31)/t20-/m0/s1. The van der Waals surface area contributed by atoms with Crippen LogP contribution in [-0.2, 0) is 22.6 Å². The van der Waals surface area contributed by atoms with Crippen LogP contribution in [-0.4, -0.2) is 29.3 Å². The van der Waals surface area contributed by atoms with Crippen LogP contribution < -0.4 is 5.32 Å². The summed E-state index contributed by atoms with van der Waals surface area (Å²) >= 11 is 0. The lowest BCUT2D eigenvalue weighted by Gasteiger charge is -2.29. The highest BCUT2D eigenvalue weighted by molar-refractivity contribution is 5.87. The Labute approximate surface area is 185 Å². The predicted molar refractivity (Wildman–Crippen MR) is 123 cm³/mol. The number of rotatable bonds is 10. The van der Waals surface area contributed by atoms with Gasteiger partial charge in [-0.25, -0.2) is 4.39 Å². The Morgan fingerprint density at radius 2 is 1.61 bits per heavy atom. The molecule has 0 bridgehead atoms. The average Bonchev–Trinajstić information content (AvgIpc) is 2.75. The minimum atomic E-state index is -0.686. The monoisotopic (exact) mass is 426 g/mol. The minimum Gasteiger partial charge on any atom is -0.354 e. The van der Waals surface area contributed by atoms with E-state index in [0.717, 1.165) is 5.56 Å². The molecule has 31 heavy (non-hydrogen) atoms. The highest BCUT2D eigenvalue weighted by atomic mass is 19.1. The summed E-state index contributed by atoms with van der Waals surface area (Å²) in [5.41, 5.74) is 2.73. The fourth-order valence-electron chi connectivity index (χ4n) is 3.31. The van der Waals surface area contributed by atoms with Crippen LogP contribution in [0.1, 0.15) is 63.6 Å². The lowest BCUT2D eigenvalue weighted by Crippen LogP contribution is -2.48. The normalized spacial score (nSPS) is 12.1. The summed E-state index contributed by atoms with van der Waals surface area (Å²) in [6.45, 7) is 10.6. The van der Waals surface area contributed by atoms with Gasteiger partial charge in [-0.15, -0.1) is 0 Å². The van der Waals surface area contributed by atoms with Gasteiger partial charge in [0, 0.05) is 25.1 Å². The topological polar surface area (TPSA) is 49.4 Å². The van der Waals surface area contributed by atoms with Crippen molar-refractivity contribution in [3.05, 3.63) is 71.0 Å². The summed E-state index contributed by atoms with van der Waals surface area (Å²) in [4.78, 5) is 27.2. The van der Waals surface area contributed by atoms with Crippen LogP contribution >= 0.6 is 0 Å². The molecule has 2 rings (SSSR count). The Hall–Kier alpha value is -2.69. The van der Waals surface area contributed by atoms with Crippen molar-refractivity contribution in [3.8, 4) is 0 Å². The van der Waals surface area contributed by atoms with Crippen molar-refractivity contribution in [1.82, 2.24) is 10.2 Å². The molecule has 0 aliphatic rings. The molecule has 2 aromatic rings. The lowest BCUT2D eigenvalue weighted by atomic mass is 10.00. The van der Waals surface area contributed by atoms with Gasteiger partial charge in [-0.3, -0.25) is 9.59 Å². The average molecular weight is 427 g/mol. The quantitative estimate of drug-likeness (QED) is 0.577. The molecule has 1 atom stereocenters. The second-order valence-corrected chi connectivity index (χ2v) is 8.82. The number of hydrogen-bond acceptors (Lipinski definition) is 2. The van der Waals surface area contributed by atoms with Crippen molar-refractivity contribution in [2.75, 3.05) is 6.54 Å². The number of benzene rings is 2. The number of carbonyl (C=O) groups is 2. The second kappa shape index (κ2) is 11.6. The zero-order chi connectivity index (χ0) is 23.0. The van der Waals surface area contributed by atoms with E-state index in [4.69, 9.17) is 0 Å². The van der Waals surface area contributed by atoms with E-state index in [1.807, 2.05) is 26.0 Å². The molecule has 0 aromatic heterocycles. The van der Waals surface area contributed by atoms with Gasteiger partial charge in [0.1, 0.15) is 11.9 Å². The Kier molecular flexibility index (Phi) is 9.22. The number of amides is 2. The van der Waals surface area contributed by atoms with Gasteiger partial charge in [-0.1, -0.05) is 70.2 Å².